The van der Waals surface area contributed by atoms with Crippen LogP contribution in [-0.2, 0) is 29.8 Å². The third-order valence-corrected chi connectivity index (χ3v) is 3.58. The van der Waals surface area contributed by atoms with Gasteiger partial charge in [-0.05, 0) is 0 Å². The lowest BCUT2D eigenvalue weighted by atomic mass is 10.2. The molecule has 0 aliphatic carbocycles. The van der Waals surface area contributed by atoms with Crippen LogP contribution in [0.3, 0.4) is 0 Å². The molecule has 1 unspecified atom stereocenters. The van der Waals surface area contributed by atoms with Crippen LogP contribution in [0.4, 0.5) is 22.0 Å². The first-order valence-electron chi connectivity index (χ1n) is 5.56. The second-order valence-electron chi connectivity index (χ2n) is 3.92. The number of hydrogen-bond donors (Lipinski definition) is 0. The predicted octanol–water partition coefficient (Wildman–Crippen LogP) is 2.34. The fourth-order valence-electron chi connectivity index (χ4n) is 1.66. The Morgan fingerprint density at radius 3 is 2.64 bits per heavy atom. The Morgan fingerprint density at radius 1 is 1.45 bits per heavy atom. The number of rotatable bonds is 5. The summed E-state index contributed by atoms with van der Waals surface area (Å²) in [6.07, 6.45) is -2.69. The quantitative estimate of drug-likeness (QED) is 0.778. The number of aromatic nitrogens is 3. The topological polar surface area (TPSA) is 70.2 Å². The van der Waals surface area contributed by atoms with Gasteiger partial charge in [0.1, 0.15) is 17.1 Å². The van der Waals surface area contributed by atoms with Crippen molar-refractivity contribution in [3.63, 3.8) is 0 Å². The molecule has 0 saturated carbocycles. The van der Waals surface area contributed by atoms with Gasteiger partial charge in [0.15, 0.2) is 5.69 Å². The highest BCUT2D eigenvalue weighted by Gasteiger charge is 2.40. The van der Waals surface area contributed by atoms with Crippen LogP contribution in [0.15, 0.2) is 22.1 Å². The van der Waals surface area contributed by atoms with E-state index in [2.05, 4.69) is 14.8 Å². The van der Waals surface area contributed by atoms with E-state index in [4.69, 9.17) is 4.42 Å². The summed E-state index contributed by atoms with van der Waals surface area (Å²) in [5.41, 5.74) is -2.21. The maximum atomic E-state index is 12.9. The van der Waals surface area contributed by atoms with Crippen molar-refractivity contribution in [3.8, 4) is 5.88 Å². The Labute approximate surface area is 122 Å². The first kappa shape index (κ1) is 16.4. The molecule has 12 heteroatoms. The molecule has 1 atom stereocenters. The van der Waals surface area contributed by atoms with E-state index in [0.29, 0.717) is 4.68 Å². The molecule has 0 N–H and O–H groups in total. The van der Waals surface area contributed by atoms with Crippen molar-refractivity contribution in [1.29, 1.82) is 0 Å². The Balaban J connectivity index is 2.44. The average Bonchev–Trinajstić information content (AvgIpc) is 3.00. The lowest BCUT2D eigenvalue weighted by Gasteiger charge is -2.08. The van der Waals surface area contributed by atoms with Gasteiger partial charge in [0.2, 0.25) is 5.88 Å². The Morgan fingerprint density at radius 2 is 2.14 bits per heavy atom. The molecule has 0 aromatic carbocycles. The summed E-state index contributed by atoms with van der Waals surface area (Å²) < 4.78 is 84.6. The van der Waals surface area contributed by atoms with E-state index < -0.39 is 46.5 Å². The molecule has 2 aromatic rings. The van der Waals surface area contributed by atoms with Gasteiger partial charge in [0, 0.05) is 7.05 Å². The van der Waals surface area contributed by atoms with Gasteiger partial charge in [-0.15, -0.1) is 0 Å². The van der Waals surface area contributed by atoms with Gasteiger partial charge in [0.05, 0.1) is 17.5 Å². The molecule has 0 saturated heterocycles. The molecule has 0 amide bonds. The largest absolute Gasteiger partial charge is 0.438 e. The van der Waals surface area contributed by atoms with Crippen molar-refractivity contribution < 1.29 is 35.3 Å². The highest BCUT2D eigenvalue weighted by Crippen LogP contribution is 2.37. The zero-order chi connectivity index (χ0) is 16.5. The monoisotopic (exact) mass is 345 g/mol. The molecular formula is C10H8F5N3O3S. The van der Waals surface area contributed by atoms with Crippen molar-refractivity contribution in [1.82, 2.24) is 14.8 Å². The van der Waals surface area contributed by atoms with Crippen LogP contribution in [0, 0.1) is 0 Å². The number of ether oxygens (including phenoxy) is 1. The minimum atomic E-state index is -4.92. The fraction of sp³-hybridized carbons (Fsp3) is 0.400. The second kappa shape index (κ2) is 6.02. The minimum Gasteiger partial charge on any atom is -0.438 e. The highest BCUT2D eigenvalue weighted by atomic mass is 32.2. The zero-order valence-electron chi connectivity index (χ0n) is 10.8. The molecule has 2 heterocycles. The van der Waals surface area contributed by atoms with Gasteiger partial charge >= 0.3 is 12.8 Å². The van der Waals surface area contributed by atoms with E-state index in [-0.39, 0.29) is 5.22 Å². The second-order valence-corrected chi connectivity index (χ2v) is 5.25. The summed E-state index contributed by atoms with van der Waals surface area (Å²) in [7, 11) is -1.11. The average molecular weight is 345 g/mol. The predicted molar refractivity (Wildman–Crippen MR) is 61.5 cm³/mol. The van der Waals surface area contributed by atoms with E-state index in [1.165, 1.54) is 0 Å². The summed E-state index contributed by atoms with van der Waals surface area (Å²) in [6.45, 7) is -3.36. The number of nitrogens with zero attached hydrogens (tertiary/aromatic N) is 3. The van der Waals surface area contributed by atoms with E-state index in [0.717, 1.165) is 19.5 Å². The molecule has 0 bridgehead atoms. The smallest absolute Gasteiger partial charge is 0.435 e. The molecule has 2 aromatic heterocycles. The molecule has 0 fully saturated rings. The van der Waals surface area contributed by atoms with E-state index in [9.17, 15) is 26.2 Å². The summed E-state index contributed by atoms with van der Waals surface area (Å²) in [6, 6.07) is 0. The van der Waals surface area contributed by atoms with Gasteiger partial charge in [-0.2, -0.15) is 27.1 Å². The van der Waals surface area contributed by atoms with Gasteiger partial charge in [-0.25, -0.2) is 13.9 Å². The highest BCUT2D eigenvalue weighted by molar-refractivity contribution is 7.84. The van der Waals surface area contributed by atoms with Gasteiger partial charge in [-0.1, -0.05) is 0 Å². The third kappa shape index (κ3) is 3.43. The lowest BCUT2D eigenvalue weighted by Crippen LogP contribution is -2.12. The van der Waals surface area contributed by atoms with E-state index in [1.54, 1.807) is 0 Å². The van der Waals surface area contributed by atoms with E-state index >= 15 is 0 Å². The minimum absolute atomic E-state index is 0.333. The molecule has 6 nitrogen and oxygen atoms in total. The van der Waals surface area contributed by atoms with Crippen LogP contribution in [0.5, 0.6) is 5.88 Å². The van der Waals surface area contributed by atoms with E-state index in [1.807, 2.05) is 0 Å². The lowest BCUT2D eigenvalue weighted by molar-refractivity contribution is -0.142. The fourth-order valence-corrected chi connectivity index (χ4v) is 2.64. The number of oxazole rings is 1. The molecule has 22 heavy (non-hydrogen) atoms. The molecule has 0 spiro atoms. The molecule has 122 valence electrons. The van der Waals surface area contributed by atoms with Gasteiger partial charge < -0.3 is 9.15 Å². The maximum Gasteiger partial charge on any atom is 0.435 e. The standard InChI is InChI=1S/C10H8F5N3O3S/c1-18-7(21-8(11)12)5(6(17-18)10(13,14)15)4-22(19)9-16-2-3-20-9/h2-3,8H,4H2,1H3. The van der Waals surface area contributed by atoms with Crippen LogP contribution in [0.2, 0.25) is 0 Å². The summed E-state index contributed by atoms with van der Waals surface area (Å²) >= 11 is 0. The van der Waals surface area contributed by atoms with Gasteiger partial charge in [-0.3, -0.25) is 0 Å². The SMILES string of the molecule is Cn1nc(C(F)(F)F)c(CS(=O)c2ncco2)c1OC(F)F. The van der Waals surface area contributed by atoms with Crippen LogP contribution in [-0.4, -0.2) is 25.6 Å². The Kier molecular flexibility index (Phi) is 4.49. The summed E-state index contributed by atoms with van der Waals surface area (Å²) in [4.78, 5) is 3.54. The normalized spacial score (nSPS) is 13.6. The molecule has 0 aliphatic rings. The van der Waals surface area contributed by atoms with Crippen LogP contribution in [0.25, 0.3) is 0 Å². The van der Waals surface area contributed by atoms with Crippen LogP contribution >= 0.6 is 0 Å². The van der Waals surface area contributed by atoms with Crippen molar-refractivity contribution in [2.45, 2.75) is 23.8 Å². The zero-order valence-corrected chi connectivity index (χ0v) is 11.6. The van der Waals surface area contributed by atoms with Crippen molar-refractivity contribution >= 4 is 10.8 Å². The summed E-state index contributed by atoms with van der Waals surface area (Å²) in [5.74, 6) is -1.60. The number of alkyl halides is 5. The number of halogens is 5. The third-order valence-electron chi connectivity index (χ3n) is 2.44. The first-order chi connectivity index (χ1) is 10.2. The summed E-state index contributed by atoms with van der Waals surface area (Å²) in [5, 5.41) is 2.78. The molecule has 0 aliphatic heterocycles. The molecular weight excluding hydrogens is 337 g/mol. The first-order valence-corrected chi connectivity index (χ1v) is 6.87. The molecule has 2 rings (SSSR count). The molecule has 0 radical (unpaired) electrons. The van der Waals surface area contributed by atoms with Crippen molar-refractivity contribution in [2.24, 2.45) is 7.05 Å². The van der Waals surface area contributed by atoms with Crippen molar-refractivity contribution in [3.05, 3.63) is 23.7 Å². The Hall–Kier alpha value is -1.98. The maximum absolute atomic E-state index is 12.9. The van der Waals surface area contributed by atoms with Crippen LogP contribution < -0.4 is 4.74 Å². The van der Waals surface area contributed by atoms with Gasteiger partial charge in [0.25, 0.3) is 5.22 Å². The van der Waals surface area contributed by atoms with Crippen LogP contribution in [0.1, 0.15) is 11.3 Å². The number of aryl methyl sites for hydroxylation is 1. The Bertz CT molecular complexity index is 668. The number of hydrogen-bond acceptors (Lipinski definition) is 5. The van der Waals surface area contributed by atoms with Crippen molar-refractivity contribution in [2.75, 3.05) is 0 Å².